The Morgan fingerprint density at radius 1 is 1.26 bits per heavy atom. The van der Waals surface area contributed by atoms with Gasteiger partial charge in [0, 0.05) is 18.5 Å². The first kappa shape index (κ1) is 12.5. The van der Waals surface area contributed by atoms with E-state index in [2.05, 4.69) is 26.1 Å². The third kappa shape index (κ3) is 2.33. The molecule has 1 aromatic heterocycles. The predicted octanol–water partition coefficient (Wildman–Crippen LogP) is 2.46. The second kappa shape index (κ2) is 5.22. The molecule has 100 valence electrons. The zero-order valence-corrected chi connectivity index (χ0v) is 11.9. The maximum Gasteiger partial charge on any atom is 0.161 e. The number of ether oxygens (including phenoxy) is 2. The largest absolute Gasteiger partial charge is 0.490 e. The molecule has 2 aromatic rings. The number of rotatable bonds is 2. The van der Waals surface area contributed by atoms with Crippen molar-refractivity contribution in [2.45, 2.75) is 13.0 Å². The maximum absolute atomic E-state index is 5.68. The van der Waals surface area contributed by atoms with Crippen LogP contribution in [0.25, 0.3) is 11.3 Å². The Balaban J connectivity index is 2.01. The lowest BCUT2D eigenvalue weighted by atomic mass is 10.1. The minimum absolute atomic E-state index is 0.415. The monoisotopic (exact) mass is 323 g/mol. The summed E-state index contributed by atoms with van der Waals surface area (Å²) in [7, 11) is 0. The van der Waals surface area contributed by atoms with Gasteiger partial charge >= 0.3 is 0 Å². The van der Waals surface area contributed by atoms with Gasteiger partial charge in [-0.05, 0) is 34.1 Å². The summed E-state index contributed by atoms with van der Waals surface area (Å²) in [5.41, 5.74) is 8.30. The van der Waals surface area contributed by atoms with E-state index in [0.29, 0.717) is 19.8 Å². The molecular weight excluding hydrogens is 310 g/mol. The minimum atomic E-state index is 0.415. The number of hydrogen-bond acceptors (Lipinski definition) is 4. The highest BCUT2D eigenvalue weighted by atomic mass is 79.9. The van der Waals surface area contributed by atoms with E-state index in [1.807, 2.05) is 18.2 Å². The van der Waals surface area contributed by atoms with Crippen LogP contribution in [0, 0.1) is 0 Å². The highest BCUT2D eigenvalue weighted by Gasteiger charge is 2.15. The summed E-state index contributed by atoms with van der Waals surface area (Å²) in [6.07, 6.45) is 0.896. The summed E-state index contributed by atoms with van der Waals surface area (Å²) in [4.78, 5) is 0. The number of aromatic nitrogens is 2. The summed E-state index contributed by atoms with van der Waals surface area (Å²) >= 11 is 3.51. The first-order valence-electron chi connectivity index (χ1n) is 6.12. The van der Waals surface area contributed by atoms with Gasteiger partial charge in [0.2, 0.25) is 0 Å². The smallest absolute Gasteiger partial charge is 0.161 e. The van der Waals surface area contributed by atoms with Gasteiger partial charge in [0.1, 0.15) is 5.69 Å². The van der Waals surface area contributed by atoms with E-state index in [9.17, 15) is 0 Å². The van der Waals surface area contributed by atoms with Gasteiger partial charge in [0.15, 0.2) is 11.5 Å². The average molecular weight is 324 g/mol. The highest BCUT2D eigenvalue weighted by molar-refractivity contribution is 9.10. The first-order valence-corrected chi connectivity index (χ1v) is 6.91. The molecule has 0 radical (unpaired) electrons. The topological polar surface area (TPSA) is 73.2 Å². The van der Waals surface area contributed by atoms with Gasteiger partial charge in [0.05, 0.1) is 23.4 Å². The summed E-state index contributed by atoms with van der Waals surface area (Å²) in [5.74, 6) is 1.55. The number of aromatic amines is 1. The van der Waals surface area contributed by atoms with E-state index < -0.39 is 0 Å². The van der Waals surface area contributed by atoms with E-state index in [1.165, 1.54) is 0 Å². The molecule has 0 fully saturated rings. The predicted molar refractivity (Wildman–Crippen MR) is 75.2 cm³/mol. The Hall–Kier alpha value is -1.53. The number of benzene rings is 1. The van der Waals surface area contributed by atoms with Crippen LogP contribution < -0.4 is 15.2 Å². The van der Waals surface area contributed by atoms with Gasteiger partial charge in [-0.3, -0.25) is 5.10 Å². The van der Waals surface area contributed by atoms with Gasteiger partial charge in [-0.15, -0.1) is 0 Å². The molecule has 0 atom stereocenters. The molecule has 0 bridgehead atoms. The van der Waals surface area contributed by atoms with Crippen LogP contribution in [0.4, 0.5) is 0 Å². The maximum atomic E-state index is 5.68. The summed E-state index contributed by atoms with van der Waals surface area (Å²) in [5, 5.41) is 7.20. The van der Waals surface area contributed by atoms with Crippen LogP contribution in [0.2, 0.25) is 0 Å². The zero-order chi connectivity index (χ0) is 13.2. The second-order valence-corrected chi connectivity index (χ2v) is 5.07. The number of H-pyrrole nitrogens is 1. The molecule has 0 unspecified atom stereocenters. The Kier molecular flexibility index (Phi) is 3.44. The standard InChI is InChI=1S/C13H14BrN3O2/c14-12-9(7-15)16-17-13(12)8-2-3-10-11(6-8)19-5-1-4-18-10/h2-3,6H,1,4-5,7,15H2,(H,16,17). The Morgan fingerprint density at radius 2 is 2.05 bits per heavy atom. The second-order valence-electron chi connectivity index (χ2n) is 4.28. The highest BCUT2D eigenvalue weighted by Crippen LogP contribution is 2.36. The summed E-state index contributed by atoms with van der Waals surface area (Å²) < 4.78 is 12.2. The van der Waals surface area contributed by atoms with E-state index in [-0.39, 0.29) is 0 Å². The van der Waals surface area contributed by atoms with Gasteiger partial charge in [-0.1, -0.05) is 0 Å². The molecule has 0 saturated carbocycles. The van der Waals surface area contributed by atoms with Crippen LogP contribution in [-0.2, 0) is 6.54 Å². The summed E-state index contributed by atoms with van der Waals surface area (Å²) in [6, 6.07) is 5.83. The number of nitrogens with zero attached hydrogens (tertiary/aromatic N) is 1. The molecule has 0 aliphatic carbocycles. The van der Waals surface area contributed by atoms with Crippen molar-refractivity contribution in [3.05, 3.63) is 28.4 Å². The number of hydrogen-bond donors (Lipinski definition) is 2. The fourth-order valence-electron chi connectivity index (χ4n) is 2.00. The molecule has 3 N–H and O–H groups in total. The molecule has 0 spiro atoms. The van der Waals surface area contributed by atoms with Gasteiger partial charge in [-0.2, -0.15) is 5.10 Å². The lowest BCUT2D eigenvalue weighted by Crippen LogP contribution is -1.97. The minimum Gasteiger partial charge on any atom is -0.490 e. The quantitative estimate of drug-likeness (QED) is 0.890. The van der Waals surface area contributed by atoms with E-state index in [1.54, 1.807) is 0 Å². The van der Waals surface area contributed by atoms with E-state index in [0.717, 1.165) is 39.3 Å². The van der Waals surface area contributed by atoms with E-state index >= 15 is 0 Å². The van der Waals surface area contributed by atoms with E-state index in [4.69, 9.17) is 15.2 Å². The fraction of sp³-hybridized carbons (Fsp3) is 0.308. The van der Waals surface area contributed by atoms with Crippen molar-refractivity contribution in [3.63, 3.8) is 0 Å². The molecule has 1 aromatic carbocycles. The molecule has 19 heavy (non-hydrogen) atoms. The number of halogens is 1. The van der Waals surface area contributed by atoms with Crippen molar-refractivity contribution in [2.75, 3.05) is 13.2 Å². The Labute approximate surface area is 119 Å². The molecular formula is C13H14BrN3O2. The van der Waals surface area contributed by atoms with Crippen molar-refractivity contribution < 1.29 is 9.47 Å². The molecule has 6 heteroatoms. The van der Waals surface area contributed by atoms with Crippen LogP contribution in [0.15, 0.2) is 22.7 Å². The number of fused-ring (bicyclic) bond motifs is 1. The van der Waals surface area contributed by atoms with Crippen LogP contribution in [0.1, 0.15) is 12.1 Å². The number of nitrogens with two attached hydrogens (primary N) is 1. The lowest BCUT2D eigenvalue weighted by Gasteiger charge is -2.08. The van der Waals surface area contributed by atoms with Crippen LogP contribution in [0.3, 0.4) is 0 Å². The molecule has 0 saturated heterocycles. The van der Waals surface area contributed by atoms with Crippen molar-refractivity contribution in [1.29, 1.82) is 0 Å². The number of nitrogens with one attached hydrogen (secondary N) is 1. The summed E-state index contributed by atoms with van der Waals surface area (Å²) in [6.45, 7) is 1.78. The van der Waals surface area contributed by atoms with Gasteiger partial charge in [0.25, 0.3) is 0 Å². The molecule has 3 rings (SSSR count). The zero-order valence-electron chi connectivity index (χ0n) is 10.3. The van der Waals surface area contributed by atoms with Gasteiger partial charge < -0.3 is 15.2 Å². The third-order valence-electron chi connectivity index (χ3n) is 3.00. The normalized spacial score (nSPS) is 14.2. The molecule has 0 amide bonds. The Bertz CT molecular complexity index is 598. The van der Waals surface area contributed by atoms with Gasteiger partial charge in [-0.25, -0.2) is 0 Å². The average Bonchev–Trinajstić information content (AvgIpc) is 2.66. The van der Waals surface area contributed by atoms with Crippen molar-refractivity contribution in [2.24, 2.45) is 5.73 Å². The van der Waals surface area contributed by atoms with Crippen LogP contribution >= 0.6 is 15.9 Å². The molecule has 5 nitrogen and oxygen atoms in total. The van der Waals surface area contributed by atoms with Crippen LogP contribution in [0.5, 0.6) is 11.5 Å². The first-order chi connectivity index (χ1) is 9.29. The Morgan fingerprint density at radius 3 is 2.79 bits per heavy atom. The molecule has 1 aliphatic rings. The van der Waals surface area contributed by atoms with Crippen molar-refractivity contribution >= 4 is 15.9 Å². The third-order valence-corrected chi connectivity index (χ3v) is 3.85. The molecule has 2 heterocycles. The molecule has 1 aliphatic heterocycles. The fourth-order valence-corrected chi connectivity index (χ4v) is 2.57. The SMILES string of the molecule is NCc1[nH]nc(-c2ccc3c(c2)OCCCO3)c1Br. The van der Waals surface area contributed by atoms with Crippen molar-refractivity contribution in [1.82, 2.24) is 10.2 Å². The van der Waals surface area contributed by atoms with Crippen molar-refractivity contribution in [3.8, 4) is 22.8 Å². The van der Waals surface area contributed by atoms with Crippen LogP contribution in [-0.4, -0.2) is 23.4 Å². The lowest BCUT2D eigenvalue weighted by molar-refractivity contribution is 0.297.